The Morgan fingerprint density at radius 1 is 0.960 bits per heavy atom. The molecule has 0 bridgehead atoms. The van der Waals surface area contributed by atoms with E-state index in [-0.39, 0.29) is 6.04 Å². The largest absolute Gasteiger partial charge is 0.460 e. The average molecular weight is 330 g/mol. The van der Waals surface area contributed by atoms with Gasteiger partial charge in [-0.25, -0.2) is 0 Å². The smallest absolute Gasteiger partial charge is 0.153 e. The number of aryl methyl sites for hydroxylation is 3. The Morgan fingerprint density at radius 2 is 1.68 bits per heavy atom. The van der Waals surface area contributed by atoms with E-state index in [9.17, 15) is 0 Å². The Morgan fingerprint density at radius 3 is 2.32 bits per heavy atom. The zero-order chi connectivity index (χ0) is 17.4. The van der Waals surface area contributed by atoms with Crippen LogP contribution >= 0.6 is 0 Å². The number of furan rings is 1. The topological polar surface area (TPSA) is 28.7 Å². The maximum atomic E-state index is 5.93. The summed E-state index contributed by atoms with van der Waals surface area (Å²) in [5.74, 6) is 1.84. The monoisotopic (exact) mass is 330 g/mol. The lowest BCUT2D eigenvalue weighted by atomic mass is 9.99. The lowest BCUT2D eigenvalue weighted by Crippen LogP contribution is -2.18. The molecule has 1 aliphatic heterocycles. The van der Waals surface area contributed by atoms with Crippen molar-refractivity contribution in [3.05, 3.63) is 88.9 Å². The first kappa shape index (κ1) is 15.7. The first-order valence-electron chi connectivity index (χ1n) is 8.67. The molecule has 2 aromatic carbocycles. The summed E-state index contributed by atoms with van der Waals surface area (Å²) in [6.07, 6.45) is 0.839. The number of benzene rings is 2. The van der Waals surface area contributed by atoms with Crippen molar-refractivity contribution >= 4 is 11.4 Å². The molecule has 0 N–H and O–H groups in total. The van der Waals surface area contributed by atoms with Gasteiger partial charge < -0.3 is 4.42 Å². The molecule has 1 unspecified atom stereocenters. The van der Waals surface area contributed by atoms with Crippen LogP contribution in [0, 0.1) is 20.8 Å². The molecule has 25 heavy (non-hydrogen) atoms. The molecule has 0 aliphatic carbocycles. The molecule has 0 spiro atoms. The molecule has 1 aliphatic rings. The maximum Gasteiger partial charge on any atom is 0.153 e. The minimum atomic E-state index is 0.183. The standard InChI is InChI=1S/C22H22N2O/c1-15-9-11-18(12-10-15)21-14-20(22-16(2)13-17(3)25-22)23-24(21)19-7-5-4-6-8-19/h4-13,21H,14H2,1-3H3. The van der Waals surface area contributed by atoms with Gasteiger partial charge in [-0.15, -0.1) is 0 Å². The first-order chi connectivity index (χ1) is 12.1. The molecule has 1 atom stereocenters. The maximum absolute atomic E-state index is 5.93. The highest BCUT2D eigenvalue weighted by Gasteiger charge is 2.31. The molecule has 3 aromatic rings. The second-order valence-corrected chi connectivity index (χ2v) is 6.73. The molecule has 0 radical (unpaired) electrons. The third kappa shape index (κ3) is 2.98. The second kappa shape index (κ2) is 6.25. The van der Waals surface area contributed by atoms with Crippen LogP contribution in [0.5, 0.6) is 0 Å². The van der Waals surface area contributed by atoms with Crippen LogP contribution in [-0.2, 0) is 0 Å². The molecule has 1 aromatic heterocycles. The van der Waals surface area contributed by atoms with E-state index in [1.807, 2.05) is 13.0 Å². The molecule has 0 amide bonds. The first-order valence-corrected chi connectivity index (χ1v) is 8.67. The fourth-order valence-corrected chi connectivity index (χ4v) is 3.44. The number of rotatable bonds is 3. The van der Waals surface area contributed by atoms with E-state index >= 15 is 0 Å². The van der Waals surface area contributed by atoms with Gasteiger partial charge in [-0.1, -0.05) is 48.0 Å². The number of hydrazone groups is 1. The highest BCUT2D eigenvalue weighted by molar-refractivity contribution is 6.02. The summed E-state index contributed by atoms with van der Waals surface area (Å²) < 4.78 is 5.93. The quantitative estimate of drug-likeness (QED) is 0.629. The van der Waals surface area contributed by atoms with Gasteiger partial charge in [0.2, 0.25) is 0 Å². The lowest BCUT2D eigenvalue weighted by Gasteiger charge is -2.24. The van der Waals surface area contributed by atoms with E-state index in [1.165, 1.54) is 11.1 Å². The van der Waals surface area contributed by atoms with Crippen molar-refractivity contribution in [2.45, 2.75) is 33.2 Å². The van der Waals surface area contributed by atoms with Crippen LogP contribution in [0.25, 0.3) is 0 Å². The minimum absolute atomic E-state index is 0.183. The van der Waals surface area contributed by atoms with E-state index in [4.69, 9.17) is 9.52 Å². The van der Waals surface area contributed by atoms with Crippen LogP contribution in [0.15, 0.2) is 70.2 Å². The van der Waals surface area contributed by atoms with E-state index < -0.39 is 0 Å². The van der Waals surface area contributed by atoms with Gasteiger partial charge in [-0.05, 0) is 50.1 Å². The van der Waals surface area contributed by atoms with Crippen LogP contribution in [-0.4, -0.2) is 5.71 Å². The van der Waals surface area contributed by atoms with Crippen molar-refractivity contribution in [2.24, 2.45) is 5.10 Å². The zero-order valence-electron chi connectivity index (χ0n) is 14.9. The Balaban J connectivity index is 1.76. The summed E-state index contributed by atoms with van der Waals surface area (Å²) in [7, 11) is 0. The van der Waals surface area contributed by atoms with Crippen molar-refractivity contribution in [3.63, 3.8) is 0 Å². The number of para-hydroxylation sites is 1. The molecule has 126 valence electrons. The molecule has 3 heteroatoms. The van der Waals surface area contributed by atoms with Crippen LogP contribution in [0.2, 0.25) is 0 Å². The second-order valence-electron chi connectivity index (χ2n) is 6.73. The number of hydrogen-bond acceptors (Lipinski definition) is 3. The Bertz CT molecular complexity index is 907. The SMILES string of the molecule is Cc1ccc(C2CC(c3oc(C)cc3C)=NN2c2ccccc2)cc1. The number of hydrogen-bond donors (Lipinski definition) is 0. The van der Waals surface area contributed by atoms with Gasteiger partial charge in [0.15, 0.2) is 5.76 Å². The number of nitrogens with zero attached hydrogens (tertiary/aromatic N) is 2. The van der Waals surface area contributed by atoms with Crippen molar-refractivity contribution in [1.29, 1.82) is 0 Å². The zero-order valence-corrected chi connectivity index (χ0v) is 14.9. The van der Waals surface area contributed by atoms with Gasteiger partial charge in [0.05, 0.1) is 11.7 Å². The van der Waals surface area contributed by atoms with Crippen molar-refractivity contribution < 1.29 is 4.42 Å². The van der Waals surface area contributed by atoms with Gasteiger partial charge in [0.25, 0.3) is 0 Å². The molecule has 4 rings (SSSR count). The highest BCUT2D eigenvalue weighted by atomic mass is 16.3. The summed E-state index contributed by atoms with van der Waals surface area (Å²) in [4.78, 5) is 0. The van der Waals surface area contributed by atoms with Crippen LogP contribution in [0.3, 0.4) is 0 Å². The van der Waals surface area contributed by atoms with E-state index in [2.05, 4.69) is 73.5 Å². The summed E-state index contributed by atoms with van der Waals surface area (Å²) in [6, 6.07) is 21.3. The van der Waals surface area contributed by atoms with Crippen molar-refractivity contribution in [1.82, 2.24) is 0 Å². The van der Waals surface area contributed by atoms with E-state index in [1.54, 1.807) is 0 Å². The fraction of sp³-hybridized carbons (Fsp3) is 0.227. The third-order valence-electron chi connectivity index (χ3n) is 4.70. The van der Waals surface area contributed by atoms with Gasteiger partial charge in [0, 0.05) is 6.42 Å². The minimum Gasteiger partial charge on any atom is -0.460 e. The Kier molecular flexibility index (Phi) is 3.92. The molecule has 0 saturated carbocycles. The number of anilines is 1. The molecular formula is C22H22N2O. The predicted octanol–water partition coefficient (Wildman–Crippen LogP) is 5.56. The lowest BCUT2D eigenvalue weighted by molar-refractivity contribution is 0.522. The van der Waals surface area contributed by atoms with Crippen LogP contribution < -0.4 is 5.01 Å². The average Bonchev–Trinajstić information content (AvgIpc) is 3.19. The molecule has 3 nitrogen and oxygen atoms in total. The molecule has 0 saturated heterocycles. The van der Waals surface area contributed by atoms with Crippen molar-refractivity contribution in [3.8, 4) is 0 Å². The predicted molar refractivity (Wildman–Crippen MR) is 102 cm³/mol. The molecule has 2 heterocycles. The van der Waals surface area contributed by atoms with Gasteiger partial charge in [0.1, 0.15) is 11.5 Å². The van der Waals surface area contributed by atoms with Gasteiger partial charge in [-0.2, -0.15) is 5.10 Å². The Hall–Kier alpha value is -2.81. The highest BCUT2D eigenvalue weighted by Crippen LogP contribution is 2.37. The summed E-state index contributed by atoms with van der Waals surface area (Å²) >= 11 is 0. The van der Waals surface area contributed by atoms with Gasteiger partial charge in [-0.3, -0.25) is 5.01 Å². The normalized spacial score (nSPS) is 17.0. The van der Waals surface area contributed by atoms with Gasteiger partial charge >= 0.3 is 0 Å². The molecule has 0 fully saturated rings. The van der Waals surface area contributed by atoms with Crippen LogP contribution in [0.4, 0.5) is 5.69 Å². The van der Waals surface area contributed by atoms with E-state index in [0.29, 0.717) is 0 Å². The summed E-state index contributed by atoms with van der Waals surface area (Å²) in [5.41, 5.74) is 5.80. The molecular weight excluding hydrogens is 308 g/mol. The van der Waals surface area contributed by atoms with Crippen LogP contribution in [0.1, 0.15) is 40.7 Å². The van der Waals surface area contributed by atoms with E-state index in [0.717, 1.165) is 34.9 Å². The third-order valence-corrected chi connectivity index (χ3v) is 4.70. The fourth-order valence-electron chi connectivity index (χ4n) is 3.44. The summed E-state index contributed by atoms with van der Waals surface area (Å²) in [6.45, 7) is 6.18. The van der Waals surface area contributed by atoms with Crippen molar-refractivity contribution in [2.75, 3.05) is 5.01 Å². The Labute approximate surface area is 148 Å². The summed E-state index contributed by atoms with van der Waals surface area (Å²) in [5, 5.41) is 7.06.